The first-order valence-corrected chi connectivity index (χ1v) is 12.6. The lowest BCUT2D eigenvalue weighted by molar-refractivity contribution is 0.0651. The second-order valence-electron chi connectivity index (χ2n) is 9.28. The van der Waals surface area contributed by atoms with Crippen molar-refractivity contribution in [3.8, 4) is 17.4 Å². The highest BCUT2D eigenvalue weighted by Crippen LogP contribution is 2.32. The monoisotopic (exact) mass is 525 g/mol. The van der Waals surface area contributed by atoms with E-state index < -0.39 is 0 Å². The van der Waals surface area contributed by atoms with E-state index >= 15 is 0 Å². The number of anilines is 1. The number of ether oxygens (including phenoxy) is 3. The molecule has 37 heavy (non-hydrogen) atoms. The molecule has 2 aliphatic rings. The zero-order valence-corrected chi connectivity index (χ0v) is 21.4. The van der Waals surface area contributed by atoms with Crippen LogP contribution in [0.4, 0.5) is 5.82 Å². The highest BCUT2D eigenvalue weighted by atomic mass is 35.5. The van der Waals surface area contributed by atoms with Gasteiger partial charge in [-0.25, -0.2) is 4.98 Å². The van der Waals surface area contributed by atoms with Crippen LogP contribution in [0.2, 0.25) is 5.02 Å². The number of rotatable bonds is 8. The van der Waals surface area contributed by atoms with Gasteiger partial charge in [0.2, 0.25) is 5.88 Å². The molecule has 2 aromatic heterocycles. The van der Waals surface area contributed by atoms with E-state index in [9.17, 15) is 9.59 Å². The molecule has 0 bridgehead atoms. The number of pyridine rings is 1. The van der Waals surface area contributed by atoms with Crippen LogP contribution in [0.25, 0.3) is 0 Å². The van der Waals surface area contributed by atoms with Crippen molar-refractivity contribution in [3.05, 3.63) is 58.9 Å². The summed E-state index contributed by atoms with van der Waals surface area (Å²) in [6, 6.07) is 8.33. The van der Waals surface area contributed by atoms with Crippen LogP contribution in [0.1, 0.15) is 53.4 Å². The number of hydrogen-bond donors (Lipinski definition) is 1. The minimum absolute atomic E-state index is 0.111. The Morgan fingerprint density at radius 3 is 2.62 bits per heavy atom. The minimum atomic E-state index is -0.374. The van der Waals surface area contributed by atoms with E-state index in [-0.39, 0.29) is 34.9 Å². The Morgan fingerprint density at radius 2 is 1.97 bits per heavy atom. The van der Waals surface area contributed by atoms with E-state index in [1.165, 1.54) is 6.20 Å². The Labute approximate surface area is 219 Å². The predicted molar refractivity (Wildman–Crippen MR) is 137 cm³/mol. The quantitative estimate of drug-likeness (QED) is 0.459. The van der Waals surface area contributed by atoms with Gasteiger partial charge in [0.25, 0.3) is 11.8 Å². The number of likely N-dealkylation sites (tertiary alicyclic amines) is 1. The number of aromatic nitrogens is 3. The Bertz CT molecular complexity index is 1300. The van der Waals surface area contributed by atoms with Gasteiger partial charge < -0.3 is 24.4 Å². The van der Waals surface area contributed by atoms with Gasteiger partial charge in [-0.3, -0.25) is 14.3 Å². The number of carbonyl (C=O) groups is 2. The van der Waals surface area contributed by atoms with Crippen molar-refractivity contribution >= 4 is 29.2 Å². The van der Waals surface area contributed by atoms with Gasteiger partial charge in [0, 0.05) is 55.6 Å². The molecule has 0 unspecified atom stereocenters. The van der Waals surface area contributed by atoms with Crippen molar-refractivity contribution in [2.24, 2.45) is 0 Å². The molecule has 2 fully saturated rings. The zero-order valence-electron chi connectivity index (χ0n) is 20.6. The Balaban J connectivity index is 1.38. The van der Waals surface area contributed by atoms with E-state index in [0.29, 0.717) is 41.7 Å². The lowest BCUT2D eigenvalue weighted by Gasteiger charge is -2.30. The third-order valence-corrected chi connectivity index (χ3v) is 6.39. The summed E-state index contributed by atoms with van der Waals surface area (Å²) in [4.78, 5) is 31.6. The molecule has 2 amide bonds. The molecule has 11 heteroatoms. The number of halogens is 1. The van der Waals surface area contributed by atoms with E-state index in [1.54, 1.807) is 46.1 Å². The molecular formula is C26H28ClN5O5. The maximum absolute atomic E-state index is 13.1. The third kappa shape index (κ3) is 5.86. The van der Waals surface area contributed by atoms with Gasteiger partial charge in [0.1, 0.15) is 22.6 Å². The largest absolute Gasteiger partial charge is 0.488 e. The van der Waals surface area contributed by atoms with Gasteiger partial charge >= 0.3 is 0 Å². The second-order valence-corrected chi connectivity index (χ2v) is 9.69. The first kappa shape index (κ1) is 25.0. The maximum Gasteiger partial charge on any atom is 0.257 e. The average Bonchev–Trinajstić information content (AvgIpc) is 3.51. The van der Waals surface area contributed by atoms with Gasteiger partial charge in [-0.1, -0.05) is 11.6 Å². The topological polar surface area (TPSA) is 108 Å². The van der Waals surface area contributed by atoms with E-state index in [1.807, 2.05) is 13.8 Å². The first-order valence-electron chi connectivity index (χ1n) is 12.2. The lowest BCUT2D eigenvalue weighted by atomic mass is 10.1. The Kier molecular flexibility index (Phi) is 7.29. The van der Waals surface area contributed by atoms with Gasteiger partial charge in [-0.05, 0) is 38.5 Å². The molecule has 0 radical (unpaired) electrons. The molecule has 5 rings (SSSR count). The number of nitrogens with one attached hydrogen (secondary N) is 1. The summed E-state index contributed by atoms with van der Waals surface area (Å²) in [6.45, 7) is 6.56. The van der Waals surface area contributed by atoms with E-state index in [2.05, 4.69) is 15.4 Å². The van der Waals surface area contributed by atoms with Crippen LogP contribution in [0.15, 0.2) is 42.7 Å². The fourth-order valence-corrected chi connectivity index (χ4v) is 4.14. The summed E-state index contributed by atoms with van der Waals surface area (Å²) in [7, 11) is 0. The van der Waals surface area contributed by atoms with Crippen molar-refractivity contribution < 1.29 is 23.8 Å². The van der Waals surface area contributed by atoms with Crippen LogP contribution >= 0.6 is 11.6 Å². The number of carbonyl (C=O) groups excluding carboxylic acids is 2. The Hall–Kier alpha value is -3.63. The first-order chi connectivity index (χ1) is 17.9. The fraction of sp³-hybridized carbons (Fsp3) is 0.385. The van der Waals surface area contributed by atoms with Crippen molar-refractivity contribution in [3.63, 3.8) is 0 Å². The molecule has 0 spiro atoms. The smallest absolute Gasteiger partial charge is 0.257 e. The maximum atomic E-state index is 13.1. The summed E-state index contributed by atoms with van der Waals surface area (Å²) >= 11 is 6.41. The average molecular weight is 526 g/mol. The minimum Gasteiger partial charge on any atom is -0.488 e. The molecule has 1 atom stereocenters. The number of benzene rings is 1. The van der Waals surface area contributed by atoms with Gasteiger partial charge in [-0.2, -0.15) is 5.10 Å². The van der Waals surface area contributed by atoms with E-state index in [4.69, 9.17) is 25.8 Å². The second kappa shape index (κ2) is 10.8. The highest BCUT2D eigenvalue weighted by molar-refractivity contribution is 6.32. The van der Waals surface area contributed by atoms with E-state index in [0.717, 1.165) is 25.9 Å². The molecule has 4 heterocycles. The molecule has 0 saturated carbocycles. The molecule has 1 aromatic carbocycles. The van der Waals surface area contributed by atoms with Gasteiger partial charge in [-0.15, -0.1) is 0 Å². The van der Waals surface area contributed by atoms with Crippen LogP contribution < -0.4 is 14.8 Å². The molecule has 1 N–H and O–H groups in total. The Morgan fingerprint density at radius 1 is 1.16 bits per heavy atom. The van der Waals surface area contributed by atoms with Gasteiger partial charge in [0.15, 0.2) is 5.82 Å². The SMILES string of the molecule is CC(C)n1ccc(NC(=O)c2cc(Oc3ncc(C(=O)N4CCC4)cc3Cl)cc(O[C@H]3CCOC3)c2)n1. The summed E-state index contributed by atoms with van der Waals surface area (Å²) in [5, 5.41) is 7.37. The lowest BCUT2D eigenvalue weighted by Crippen LogP contribution is -2.42. The van der Waals surface area contributed by atoms with Crippen molar-refractivity contribution in [1.29, 1.82) is 0 Å². The molecule has 10 nitrogen and oxygen atoms in total. The zero-order chi connectivity index (χ0) is 25.9. The standard InChI is InChI=1S/C26H28ClN5O5/c1-16(2)32-8-4-23(30-32)29-24(33)17-10-20(36-19-5-9-35-15-19)13-21(11-17)37-25-22(27)12-18(14-28-25)26(34)31-6-3-7-31/h4,8,10-14,16,19H,3,5-7,9,15H2,1-2H3,(H,29,30,33)/t19-/m0/s1. The normalized spacial score (nSPS) is 17.0. The van der Waals surface area contributed by atoms with Crippen molar-refractivity contribution in [2.45, 2.75) is 38.8 Å². The summed E-state index contributed by atoms with van der Waals surface area (Å²) < 4.78 is 19.2. The van der Waals surface area contributed by atoms with Crippen molar-refractivity contribution in [2.75, 3.05) is 31.6 Å². The highest BCUT2D eigenvalue weighted by Gasteiger charge is 2.23. The molecular weight excluding hydrogens is 498 g/mol. The molecule has 194 valence electrons. The summed E-state index contributed by atoms with van der Waals surface area (Å²) in [6.07, 6.45) is 4.87. The third-order valence-electron chi connectivity index (χ3n) is 6.12. The molecule has 3 aromatic rings. The van der Waals surface area contributed by atoms with Crippen LogP contribution in [-0.2, 0) is 4.74 Å². The number of amides is 2. The summed E-state index contributed by atoms with van der Waals surface area (Å²) in [5.74, 6) is 0.827. The van der Waals surface area contributed by atoms with Crippen molar-refractivity contribution in [1.82, 2.24) is 19.7 Å². The number of hydrogen-bond acceptors (Lipinski definition) is 7. The van der Waals surface area contributed by atoms with Gasteiger partial charge in [0.05, 0.1) is 18.8 Å². The summed E-state index contributed by atoms with van der Waals surface area (Å²) in [5.41, 5.74) is 0.711. The van der Waals surface area contributed by atoms with Crippen LogP contribution in [0.5, 0.6) is 17.4 Å². The van der Waals surface area contributed by atoms with Crippen LogP contribution in [-0.4, -0.2) is 63.9 Å². The fourth-order valence-electron chi connectivity index (χ4n) is 3.94. The molecule has 0 aliphatic carbocycles. The molecule has 2 saturated heterocycles. The molecule has 2 aliphatic heterocycles. The van der Waals surface area contributed by atoms with Crippen LogP contribution in [0.3, 0.4) is 0 Å². The number of nitrogens with zero attached hydrogens (tertiary/aromatic N) is 4. The predicted octanol–water partition coefficient (Wildman–Crippen LogP) is 4.57. The van der Waals surface area contributed by atoms with Crippen LogP contribution in [0, 0.1) is 0 Å².